The molecule has 0 saturated carbocycles. The maximum absolute atomic E-state index is 10.7. The van der Waals surface area contributed by atoms with Crippen molar-refractivity contribution in [2.75, 3.05) is 7.05 Å². The van der Waals surface area contributed by atoms with E-state index in [1.54, 1.807) is 6.92 Å². The Balaban J connectivity index is 3.72. The van der Waals surface area contributed by atoms with E-state index in [1.807, 2.05) is 18.6 Å². The van der Waals surface area contributed by atoms with Crippen LogP contribution >= 0.6 is 17.3 Å². The highest BCUT2D eigenvalue weighted by Crippen LogP contribution is 2.26. The predicted molar refractivity (Wildman–Crippen MR) is 45.9 cm³/mol. The lowest BCUT2D eigenvalue weighted by atomic mass is 10.2. The standard InChI is InChI=1S/C5H13NOP2/c1-4(5(2)7)6(3)9-8/h4,9H,8H2,1-3H3. The van der Waals surface area contributed by atoms with Crippen LogP contribution in [0.4, 0.5) is 0 Å². The number of carbonyl (C=O) groups excluding carboxylic acids is 1. The van der Waals surface area contributed by atoms with Crippen LogP contribution in [0, 0.1) is 0 Å². The highest BCUT2D eigenvalue weighted by Gasteiger charge is 2.10. The van der Waals surface area contributed by atoms with Crippen LogP contribution in [0.2, 0.25) is 0 Å². The van der Waals surface area contributed by atoms with E-state index in [1.165, 1.54) is 0 Å². The van der Waals surface area contributed by atoms with Gasteiger partial charge in [0.05, 0.1) is 6.04 Å². The first kappa shape index (κ1) is 9.49. The summed E-state index contributed by atoms with van der Waals surface area (Å²) in [5.74, 6) is 0.229. The van der Waals surface area contributed by atoms with Crippen LogP contribution in [0.25, 0.3) is 0 Å². The number of ketones is 1. The van der Waals surface area contributed by atoms with Crippen molar-refractivity contribution in [3.8, 4) is 0 Å². The predicted octanol–water partition coefficient (Wildman–Crippen LogP) is 1.28. The molecule has 0 aromatic heterocycles. The van der Waals surface area contributed by atoms with Crippen molar-refractivity contribution >= 4 is 23.1 Å². The number of likely N-dealkylation sites (N-methyl/N-ethyl adjacent to an activating group) is 1. The van der Waals surface area contributed by atoms with E-state index in [0.29, 0.717) is 8.42 Å². The fourth-order valence-corrected chi connectivity index (χ4v) is 1.46. The van der Waals surface area contributed by atoms with Crippen LogP contribution in [0.15, 0.2) is 0 Å². The molecule has 0 spiro atoms. The van der Waals surface area contributed by atoms with Gasteiger partial charge in [0.15, 0.2) is 0 Å². The molecule has 54 valence electrons. The Bertz CT molecular complexity index is 107. The molecule has 0 fully saturated rings. The Labute approximate surface area is 60.3 Å². The normalized spacial score (nSPS) is 15.2. The first-order chi connectivity index (χ1) is 4.09. The highest BCUT2D eigenvalue weighted by atomic mass is 32.0. The van der Waals surface area contributed by atoms with Gasteiger partial charge in [0.2, 0.25) is 0 Å². The lowest BCUT2D eigenvalue weighted by Gasteiger charge is -2.19. The number of Topliss-reactive ketones (excluding diaryl/α,β-unsaturated/α-hetero) is 1. The van der Waals surface area contributed by atoms with Gasteiger partial charge in [0.1, 0.15) is 5.78 Å². The number of hydrogen-bond donors (Lipinski definition) is 0. The Morgan fingerprint density at radius 3 is 2.33 bits per heavy atom. The van der Waals surface area contributed by atoms with Crippen molar-refractivity contribution in [1.29, 1.82) is 0 Å². The summed E-state index contributed by atoms with van der Waals surface area (Å²) in [7, 11) is 5.19. The topological polar surface area (TPSA) is 20.3 Å². The molecular formula is C5H13NOP2. The van der Waals surface area contributed by atoms with Gasteiger partial charge in [0, 0.05) is 0 Å². The maximum Gasteiger partial charge on any atom is 0.146 e. The van der Waals surface area contributed by atoms with E-state index in [9.17, 15) is 4.79 Å². The van der Waals surface area contributed by atoms with Gasteiger partial charge in [-0.3, -0.25) is 9.46 Å². The van der Waals surface area contributed by atoms with E-state index < -0.39 is 0 Å². The van der Waals surface area contributed by atoms with E-state index in [2.05, 4.69) is 8.93 Å². The van der Waals surface area contributed by atoms with Gasteiger partial charge in [-0.05, 0) is 29.3 Å². The number of carbonyl (C=O) groups is 1. The van der Waals surface area contributed by atoms with Gasteiger partial charge in [-0.15, -0.1) is 0 Å². The summed E-state index contributed by atoms with van der Waals surface area (Å²) in [6.07, 6.45) is 0. The number of rotatable bonds is 3. The summed E-state index contributed by atoms with van der Waals surface area (Å²) >= 11 is 0. The van der Waals surface area contributed by atoms with Crippen molar-refractivity contribution in [3.05, 3.63) is 0 Å². The van der Waals surface area contributed by atoms with Crippen LogP contribution in [0.5, 0.6) is 0 Å². The van der Waals surface area contributed by atoms with Crippen molar-refractivity contribution in [2.45, 2.75) is 19.9 Å². The molecule has 0 aromatic rings. The minimum atomic E-state index is 0.0702. The zero-order valence-corrected chi connectivity index (χ0v) is 8.16. The number of hydrogen-bond acceptors (Lipinski definition) is 2. The fourth-order valence-electron chi connectivity index (χ4n) is 0.385. The molecule has 3 unspecified atom stereocenters. The molecule has 0 aliphatic carbocycles. The summed E-state index contributed by atoms with van der Waals surface area (Å²) in [4.78, 5) is 10.7. The first-order valence-electron chi connectivity index (χ1n) is 2.79. The monoisotopic (exact) mass is 165 g/mol. The summed E-state index contributed by atoms with van der Waals surface area (Å²) in [5.41, 5.74) is 0. The van der Waals surface area contributed by atoms with E-state index in [0.717, 1.165) is 0 Å². The van der Waals surface area contributed by atoms with E-state index >= 15 is 0 Å². The summed E-state index contributed by atoms with van der Waals surface area (Å²) in [5, 5.41) is 0. The molecule has 0 aliphatic rings. The minimum Gasteiger partial charge on any atom is -0.298 e. The zero-order valence-electron chi connectivity index (χ0n) is 6.01. The Morgan fingerprint density at radius 2 is 2.22 bits per heavy atom. The van der Waals surface area contributed by atoms with Gasteiger partial charge in [0.25, 0.3) is 0 Å². The second-order valence-corrected chi connectivity index (χ2v) is 3.76. The second-order valence-electron chi connectivity index (χ2n) is 2.03. The van der Waals surface area contributed by atoms with E-state index in [-0.39, 0.29) is 11.8 Å². The smallest absolute Gasteiger partial charge is 0.146 e. The lowest BCUT2D eigenvalue weighted by Crippen LogP contribution is -2.27. The van der Waals surface area contributed by atoms with Gasteiger partial charge in [-0.25, -0.2) is 0 Å². The molecule has 2 nitrogen and oxygen atoms in total. The molecule has 9 heavy (non-hydrogen) atoms. The van der Waals surface area contributed by atoms with Crippen LogP contribution in [-0.4, -0.2) is 23.5 Å². The number of nitrogens with zero attached hydrogens (tertiary/aromatic N) is 1. The zero-order chi connectivity index (χ0) is 7.44. The Kier molecular flexibility index (Phi) is 4.56. The molecule has 0 rings (SSSR count). The molecular weight excluding hydrogens is 152 g/mol. The molecule has 0 aromatic carbocycles. The fraction of sp³-hybridized carbons (Fsp3) is 0.800. The molecule has 4 heteroatoms. The average molecular weight is 165 g/mol. The van der Waals surface area contributed by atoms with Crippen LogP contribution in [0.1, 0.15) is 13.8 Å². The van der Waals surface area contributed by atoms with Gasteiger partial charge in [-0.1, -0.05) is 8.93 Å². The van der Waals surface area contributed by atoms with Crippen molar-refractivity contribution < 1.29 is 4.79 Å². The largest absolute Gasteiger partial charge is 0.298 e. The summed E-state index contributed by atoms with van der Waals surface area (Å²) < 4.78 is 2.01. The average Bonchev–Trinajstić information content (AvgIpc) is 1.84. The highest BCUT2D eigenvalue weighted by molar-refractivity contribution is 8.01. The molecule has 0 amide bonds. The second kappa shape index (κ2) is 4.33. The van der Waals surface area contributed by atoms with Crippen LogP contribution in [0.3, 0.4) is 0 Å². The third-order valence-corrected chi connectivity index (χ3v) is 3.39. The third kappa shape index (κ3) is 3.25. The first-order valence-corrected chi connectivity index (χ1v) is 5.54. The molecule has 3 atom stereocenters. The minimum absolute atomic E-state index is 0.0702. The van der Waals surface area contributed by atoms with Gasteiger partial charge >= 0.3 is 0 Å². The van der Waals surface area contributed by atoms with Crippen molar-refractivity contribution in [3.63, 3.8) is 0 Å². The van der Waals surface area contributed by atoms with Crippen molar-refractivity contribution in [1.82, 2.24) is 4.67 Å². The maximum atomic E-state index is 10.7. The summed E-state index contributed by atoms with van der Waals surface area (Å²) in [6.45, 7) is 3.53. The quantitative estimate of drug-likeness (QED) is 0.587. The SMILES string of the molecule is CC(=O)C(C)N(C)PP. The molecule has 0 aliphatic heterocycles. The molecule has 0 radical (unpaired) electrons. The molecule has 0 bridgehead atoms. The van der Waals surface area contributed by atoms with Gasteiger partial charge in [-0.2, -0.15) is 0 Å². The van der Waals surface area contributed by atoms with Crippen molar-refractivity contribution in [2.24, 2.45) is 0 Å². The molecule has 0 N–H and O–H groups in total. The Morgan fingerprint density at radius 1 is 1.78 bits per heavy atom. The summed E-state index contributed by atoms with van der Waals surface area (Å²) in [6, 6.07) is 0.0702. The van der Waals surface area contributed by atoms with Gasteiger partial charge < -0.3 is 0 Å². The Hall–Kier alpha value is 0.490. The molecule has 0 heterocycles. The lowest BCUT2D eigenvalue weighted by molar-refractivity contribution is -0.119. The molecule has 0 saturated heterocycles. The third-order valence-electron chi connectivity index (χ3n) is 1.37. The van der Waals surface area contributed by atoms with Crippen LogP contribution in [-0.2, 0) is 4.79 Å². The van der Waals surface area contributed by atoms with E-state index in [4.69, 9.17) is 0 Å². The van der Waals surface area contributed by atoms with Crippen LogP contribution < -0.4 is 0 Å².